The fourth-order valence-corrected chi connectivity index (χ4v) is 5.62. The molecule has 0 N–H and O–H groups in total. The van der Waals surface area contributed by atoms with E-state index < -0.39 is 14.4 Å². The van der Waals surface area contributed by atoms with E-state index in [1.807, 2.05) is 0 Å². The van der Waals surface area contributed by atoms with Gasteiger partial charge in [0.1, 0.15) is 13.2 Å². The van der Waals surface area contributed by atoms with Crippen molar-refractivity contribution in [1.82, 2.24) is 0 Å². The molecule has 9 heteroatoms. The van der Waals surface area contributed by atoms with Crippen molar-refractivity contribution in [3.05, 3.63) is 0 Å². The van der Waals surface area contributed by atoms with E-state index in [0.717, 1.165) is 38.5 Å². The average Bonchev–Trinajstić information content (AvgIpc) is 3.04. The molecule has 0 aliphatic heterocycles. The van der Waals surface area contributed by atoms with Gasteiger partial charge >= 0.3 is 20.2 Å². The number of carbonyl (C=O) groups is 2. The lowest BCUT2D eigenvalue weighted by atomic mass is 10.0. The standard InChI is InChI=1S/C36H71O8P/c1-4-6-8-10-12-14-16-18-20-22-24-26-28-30-35(37)41-32-34(33-42-44-45(39)40-3)43-36(38)31-29-27-25-23-21-19-17-15-13-11-9-7-5-2/h34,45H,4-33H2,1-3H3. The van der Waals surface area contributed by atoms with Crippen LogP contribution >= 0.6 is 8.25 Å². The zero-order valence-corrected chi connectivity index (χ0v) is 30.6. The summed E-state index contributed by atoms with van der Waals surface area (Å²) in [4.78, 5) is 29.6. The lowest BCUT2D eigenvalue weighted by Gasteiger charge is -2.17. The molecule has 0 aromatic heterocycles. The van der Waals surface area contributed by atoms with Gasteiger partial charge < -0.3 is 14.0 Å². The highest BCUT2D eigenvalue weighted by Crippen LogP contribution is 2.22. The highest BCUT2D eigenvalue weighted by atomic mass is 31.1. The average molecular weight is 663 g/mol. The first-order valence-corrected chi connectivity index (χ1v) is 20.0. The third kappa shape index (κ3) is 34.2. The minimum atomic E-state index is -2.77. The highest BCUT2D eigenvalue weighted by molar-refractivity contribution is 7.33. The van der Waals surface area contributed by atoms with Gasteiger partial charge in [-0.05, 0) is 12.8 Å². The molecule has 0 aliphatic rings. The molecule has 0 aromatic carbocycles. The predicted molar refractivity (Wildman–Crippen MR) is 185 cm³/mol. The quantitative estimate of drug-likeness (QED) is 0.0215. The molecule has 0 saturated carbocycles. The molecule has 0 saturated heterocycles. The fourth-order valence-electron chi connectivity index (χ4n) is 5.39. The van der Waals surface area contributed by atoms with E-state index in [4.69, 9.17) is 14.4 Å². The predicted octanol–water partition coefficient (Wildman–Crippen LogP) is 11.4. The smallest absolute Gasteiger partial charge is 0.346 e. The molecule has 2 unspecified atom stereocenters. The summed E-state index contributed by atoms with van der Waals surface area (Å²) in [6.45, 7) is 4.18. The van der Waals surface area contributed by atoms with Gasteiger partial charge in [-0.1, -0.05) is 168 Å². The fraction of sp³-hybridized carbons (Fsp3) is 0.944. The molecule has 0 aromatic rings. The van der Waals surface area contributed by atoms with Crippen LogP contribution in [0.1, 0.15) is 194 Å². The summed E-state index contributed by atoms with van der Waals surface area (Å²) in [7, 11) is -1.52. The largest absolute Gasteiger partial charge is 0.462 e. The van der Waals surface area contributed by atoms with Crippen LogP contribution in [0.25, 0.3) is 0 Å². The molecule has 0 aliphatic carbocycles. The molecular weight excluding hydrogens is 591 g/mol. The van der Waals surface area contributed by atoms with Crippen LogP contribution in [0.4, 0.5) is 0 Å². The Labute approximate surface area is 277 Å². The number of unbranched alkanes of at least 4 members (excludes halogenated alkanes) is 24. The Morgan fingerprint density at radius 1 is 0.511 bits per heavy atom. The van der Waals surface area contributed by atoms with Crippen LogP contribution < -0.4 is 0 Å². The van der Waals surface area contributed by atoms with Gasteiger partial charge in [0.25, 0.3) is 0 Å². The molecule has 8 nitrogen and oxygen atoms in total. The molecule has 0 amide bonds. The van der Waals surface area contributed by atoms with Crippen LogP contribution in [0.3, 0.4) is 0 Å². The molecule has 0 bridgehead atoms. The van der Waals surface area contributed by atoms with Gasteiger partial charge in [0, 0.05) is 20.0 Å². The molecule has 268 valence electrons. The number of carbonyl (C=O) groups excluding carboxylic acids is 2. The zero-order valence-electron chi connectivity index (χ0n) is 29.6. The van der Waals surface area contributed by atoms with Crippen molar-refractivity contribution in [2.24, 2.45) is 0 Å². The van der Waals surface area contributed by atoms with E-state index in [9.17, 15) is 14.2 Å². The normalized spacial score (nSPS) is 12.7. The van der Waals surface area contributed by atoms with Crippen LogP contribution in [-0.4, -0.2) is 38.4 Å². The Balaban J connectivity index is 3.98. The molecular formula is C36H71O8P. The third-order valence-electron chi connectivity index (χ3n) is 8.24. The topological polar surface area (TPSA) is 97.4 Å². The minimum absolute atomic E-state index is 0.126. The third-order valence-corrected chi connectivity index (χ3v) is 8.83. The summed E-state index contributed by atoms with van der Waals surface area (Å²) in [5.74, 6) is -0.680. The lowest BCUT2D eigenvalue weighted by Crippen LogP contribution is -2.29. The van der Waals surface area contributed by atoms with Gasteiger partial charge in [-0.25, -0.2) is 4.89 Å². The second kappa shape index (κ2) is 35.9. The van der Waals surface area contributed by atoms with Crippen LogP contribution in [0.15, 0.2) is 0 Å². The maximum absolute atomic E-state index is 12.4. The van der Waals surface area contributed by atoms with Crippen molar-refractivity contribution >= 4 is 20.2 Å². The molecule has 0 heterocycles. The van der Waals surface area contributed by atoms with E-state index in [-0.39, 0.29) is 25.2 Å². The van der Waals surface area contributed by atoms with Crippen molar-refractivity contribution < 1.29 is 37.7 Å². The Hall–Kier alpha value is -0.950. The first kappa shape index (κ1) is 44.0. The van der Waals surface area contributed by atoms with Crippen molar-refractivity contribution in [2.45, 2.75) is 200 Å². The van der Waals surface area contributed by atoms with Crippen LogP contribution in [-0.2, 0) is 37.7 Å². The summed E-state index contributed by atoms with van der Waals surface area (Å²) in [5, 5.41) is 0. The van der Waals surface area contributed by atoms with Crippen LogP contribution in [0, 0.1) is 0 Å². The van der Waals surface area contributed by atoms with E-state index in [1.165, 1.54) is 136 Å². The van der Waals surface area contributed by atoms with Crippen LogP contribution in [0.2, 0.25) is 0 Å². The maximum atomic E-state index is 12.4. The number of hydrogen-bond donors (Lipinski definition) is 0. The van der Waals surface area contributed by atoms with Gasteiger partial charge in [-0.3, -0.25) is 14.2 Å². The van der Waals surface area contributed by atoms with E-state index >= 15 is 0 Å². The van der Waals surface area contributed by atoms with Gasteiger partial charge in [-0.15, -0.1) is 0 Å². The van der Waals surface area contributed by atoms with Crippen LogP contribution in [0.5, 0.6) is 0 Å². The van der Waals surface area contributed by atoms with Gasteiger partial charge in [0.2, 0.25) is 0 Å². The van der Waals surface area contributed by atoms with Crippen molar-refractivity contribution in [3.8, 4) is 0 Å². The van der Waals surface area contributed by atoms with E-state index in [0.29, 0.717) is 12.8 Å². The first-order chi connectivity index (χ1) is 22.0. The second-order valence-corrected chi connectivity index (χ2v) is 13.7. The number of rotatable bonds is 36. The summed E-state index contributed by atoms with van der Waals surface area (Å²) >= 11 is 0. The molecule has 0 spiro atoms. The van der Waals surface area contributed by atoms with Crippen molar-refractivity contribution in [2.75, 3.05) is 20.3 Å². The highest BCUT2D eigenvalue weighted by Gasteiger charge is 2.18. The Morgan fingerprint density at radius 3 is 1.24 bits per heavy atom. The van der Waals surface area contributed by atoms with E-state index in [2.05, 4.69) is 23.0 Å². The van der Waals surface area contributed by atoms with Gasteiger partial charge in [0.05, 0.1) is 0 Å². The summed E-state index contributed by atoms with van der Waals surface area (Å²) in [6.07, 6.45) is 32.1. The van der Waals surface area contributed by atoms with E-state index in [1.54, 1.807) is 0 Å². The number of esters is 2. The molecule has 0 radical (unpaired) electrons. The molecule has 45 heavy (non-hydrogen) atoms. The number of ether oxygens (including phenoxy) is 2. The molecule has 2 atom stereocenters. The summed E-state index contributed by atoms with van der Waals surface area (Å²) in [5.41, 5.74) is 0. The van der Waals surface area contributed by atoms with Gasteiger partial charge in [0.15, 0.2) is 6.10 Å². The Morgan fingerprint density at radius 2 is 0.867 bits per heavy atom. The summed E-state index contributed by atoms with van der Waals surface area (Å²) < 4.78 is 31.4. The Kier molecular flexibility index (Phi) is 35.1. The molecule has 0 fully saturated rings. The first-order valence-electron chi connectivity index (χ1n) is 18.8. The maximum Gasteiger partial charge on any atom is 0.346 e. The van der Waals surface area contributed by atoms with Crippen molar-refractivity contribution in [1.29, 1.82) is 0 Å². The molecule has 0 rings (SSSR count). The summed E-state index contributed by atoms with van der Waals surface area (Å²) in [6, 6.07) is 0. The van der Waals surface area contributed by atoms with Crippen molar-refractivity contribution in [3.63, 3.8) is 0 Å². The monoisotopic (exact) mass is 662 g/mol. The van der Waals surface area contributed by atoms with Gasteiger partial charge in [-0.2, -0.15) is 4.67 Å². The minimum Gasteiger partial charge on any atom is -0.462 e. The second-order valence-electron chi connectivity index (χ2n) is 12.6. The number of hydrogen-bond acceptors (Lipinski definition) is 8. The zero-order chi connectivity index (χ0) is 33.1. The lowest BCUT2D eigenvalue weighted by molar-refractivity contribution is -0.233. The SMILES string of the molecule is CCCCCCCCCCCCCCCC(=O)OCC(COO[PH](=O)OC)OC(=O)CCCCCCCCCCCCCCC. The Bertz CT molecular complexity index is 675.